The lowest BCUT2D eigenvalue weighted by Gasteiger charge is -2.29. The molecule has 3 aromatic heterocycles. The molecule has 13 nitrogen and oxygen atoms in total. The first-order chi connectivity index (χ1) is 16.7. The number of nitrogens with one attached hydrogen (secondary N) is 3. The van der Waals surface area contributed by atoms with Gasteiger partial charge in [-0.05, 0) is 31.5 Å². The second-order valence-electron chi connectivity index (χ2n) is 7.90. The Morgan fingerprint density at radius 1 is 1.09 bits per heavy atom. The number of primary amides is 1. The van der Waals surface area contributed by atoms with E-state index in [4.69, 9.17) is 15.9 Å². The van der Waals surface area contributed by atoms with Gasteiger partial charge < -0.3 is 36.5 Å². The maximum absolute atomic E-state index is 11.6. The first-order valence-electron chi connectivity index (χ1n) is 10.9. The van der Waals surface area contributed by atoms with E-state index in [2.05, 4.69) is 35.5 Å². The Bertz CT molecular complexity index is 1200. The standard InChI is InChI=1S/C18H22N8O.C4H6O4/c1-10-14-11(2)22-18(25-17(14)24-15(10)16(19)27)23-13-4-3-12(9-21-13)26-7-5-20-6-8-26;5-3(6)1-2-4(7)8/h3-4,9,20H,5-8H2,1-2H3,(H2,19,27)(H2,21,22,23,24,25);1-2H2,(H,5,6)(H,7,8). The lowest BCUT2D eigenvalue weighted by molar-refractivity contribution is -0.143. The lowest BCUT2D eigenvalue weighted by Crippen LogP contribution is -2.43. The number of fused-ring (bicyclic) bond motifs is 1. The van der Waals surface area contributed by atoms with E-state index in [1.54, 1.807) is 0 Å². The lowest BCUT2D eigenvalue weighted by atomic mass is 10.1. The van der Waals surface area contributed by atoms with Crippen molar-refractivity contribution in [3.8, 4) is 0 Å². The molecule has 0 saturated carbocycles. The zero-order valence-electron chi connectivity index (χ0n) is 19.5. The van der Waals surface area contributed by atoms with Crippen molar-refractivity contribution in [2.24, 2.45) is 5.73 Å². The van der Waals surface area contributed by atoms with Crippen molar-refractivity contribution < 1.29 is 24.6 Å². The number of hydrogen-bond donors (Lipinski definition) is 6. The molecule has 1 amide bonds. The highest BCUT2D eigenvalue weighted by Gasteiger charge is 2.17. The molecule has 13 heteroatoms. The molecule has 0 aliphatic carbocycles. The smallest absolute Gasteiger partial charge is 0.303 e. The molecule has 0 unspecified atom stereocenters. The number of nitrogens with two attached hydrogens (primary N) is 1. The second-order valence-corrected chi connectivity index (χ2v) is 7.90. The van der Waals surface area contributed by atoms with Crippen LogP contribution in [0, 0.1) is 13.8 Å². The normalized spacial score (nSPS) is 13.1. The van der Waals surface area contributed by atoms with Gasteiger partial charge in [0.2, 0.25) is 5.95 Å². The largest absolute Gasteiger partial charge is 0.481 e. The molecule has 1 fully saturated rings. The van der Waals surface area contributed by atoms with Crippen LogP contribution in [0.4, 0.5) is 17.5 Å². The van der Waals surface area contributed by atoms with E-state index in [-0.39, 0.29) is 12.8 Å². The number of amides is 1. The number of carboxylic acid groups (broad SMARTS) is 2. The first kappa shape index (κ1) is 25.4. The maximum Gasteiger partial charge on any atom is 0.303 e. The number of H-pyrrole nitrogens is 1. The number of carbonyl (C=O) groups is 3. The molecule has 0 spiro atoms. The molecular weight excluding hydrogens is 456 g/mol. The topological polar surface area (TPSA) is 199 Å². The fourth-order valence-corrected chi connectivity index (χ4v) is 3.65. The van der Waals surface area contributed by atoms with Crippen molar-refractivity contribution in [2.45, 2.75) is 26.7 Å². The van der Waals surface area contributed by atoms with E-state index in [0.717, 1.165) is 48.5 Å². The van der Waals surface area contributed by atoms with Gasteiger partial charge in [0.25, 0.3) is 5.91 Å². The van der Waals surface area contributed by atoms with Gasteiger partial charge >= 0.3 is 11.9 Å². The molecule has 1 aliphatic rings. The van der Waals surface area contributed by atoms with Crippen LogP contribution in [0.25, 0.3) is 11.0 Å². The SMILES string of the molecule is Cc1nc(Nc2ccc(N3CCNCC3)cn2)nc2[nH]c(C(N)=O)c(C)c12.O=C(O)CCC(=O)O. The molecule has 0 aromatic carbocycles. The minimum atomic E-state index is -1.08. The molecular formula is C22H28N8O5. The Labute approximate surface area is 200 Å². The molecule has 0 radical (unpaired) electrons. The van der Waals surface area contributed by atoms with Crippen LogP contribution in [0.15, 0.2) is 18.3 Å². The average molecular weight is 485 g/mol. The monoisotopic (exact) mass is 484 g/mol. The van der Waals surface area contributed by atoms with Gasteiger partial charge in [-0.1, -0.05) is 0 Å². The van der Waals surface area contributed by atoms with Gasteiger partial charge in [0.15, 0.2) is 0 Å². The molecule has 3 aromatic rings. The third-order valence-electron chi connectivity index (χ3n) is 5.35. The molecule has 4 rings (SSSR count). The van der Waals surface area contributed by atoms with E-state index >= 15 is 0 Å². The van der Waals surface area contributed by atoms with Crippen LogP contribution in [-0.4, -0.2) is 74.2 Å². The zero-order chi connectivity index (χ0) is 25.5. The number of carboxylic acids is 2. The fraction of sp³-hybridized carbons (Fsp3) is 0.364. The summed E-state index contributed by atoms with van der Waals surface area (Å²) in [5, 5.41) is 23.1. The van der Waals surface area contributed by atoms with Crippen molar-refractivity contribution in [3.63, 3.8) is 0 Å². The van der Waals surface area contributed by atoms with Crippen LogP contribution in [0.3, 0.4) is 0 Å². The van der Waals surface area contributed by atoms with Crippen molar-refractivity contribution in [1.29, 1.82) is 0 Å². The Morgan fingerprint density at radius 2 is 1.74 bits per heavy atom. The summed E-state index contributed by atoms with van der Waals surface area (Å²) in [6.45, 7) is 7.62. The Balaban J connectivity index is 0.000000371. The van der Waals surface area contributed by atoms with Crippen LogP contribution in [0.1, 0.15) is 34.6 Å². The predicted molar refractivity (Wildman–Crippen MR) is 129 cm³/mol. The number of aryl methyl sites for hydroxylation is 2. The van der Waals surface area contributed by atoms with Gasteiger partial charge in [0.1, 0.15) is 17.2 Å². The summed E-state index contributed by atoms with van der Waals surface area (Å²) in [5.41, 5.74) is 8.98. The van der Waals surface area contributed by atoms with Crippen LogP contribution in [0.2, 0.25) is 0 Å². The third kappa shape index (κ3) is 6.63. The molecule has 4 heterocycles. The molecule has 0 bridgehead atoms. The Morgan fingerprint density at radius 3 is 2.29 bits per heavy atom. The van der Waals surface area contributed by atoms with Gasteiger partial charge in [-0.2, -0.15) is 4.98 Å². The number of nitrogens with zero attached hydrogens (tertiary/aromatic N) is 4. The molecule has 35 heavy (non-hydrogen) atoms. The molecule has 0 atom stereocenters. The molecule has 186 valence electrons. The minimum absolute atomic E-state index is 0.296. The second kappa shape index (κ2) is 11.2. The van der Waals surface area contributed by atoms with Crippen molar-refractivity contribution in [3.05, 3.63) is 35.3 Å². The summed E-state index contributed by atoms with van der Waals surface area (Å²) in [5.74, 6) is -1.59. The summed E-state index contributed by atoms with van der Waals surface area (Å²) in [7, 11) is 0. The van der Waals surface area contributed by atoms with E-state index in [1.807, 2.05) is 32.2 Å². The summed E-state index contributed by atoms with van der Waals surface area (Å²) in [6, 6.07) is 3.95. The summed E-state index contributed by atoms with van der Waals surface area (Å²) >= 11 is 0. The number of pyridine rings is 1. The maximum atomic E-state index is 11.6. The highest BCUT2D eigenvalue weighted by atomic mass is 16.4. The van der Waals surface area contributed by atoms with Gasteiger partial charge in [-0.15, -0.1) is 0 Å². The quantitative estimate of drug-likeness (QED) is 0.281. The first-order valence-corrected chi connectivity index (χ1v) is 10.9. The number of aliphatic carboxylic acids is 2. The van der Waals surface area contributed by atoms with Crippen LogP contribution in [0.5, 0.6) is 0 Å². The summed E-state index contributed by atoms with van der Waals surface area (Å²) < 4.78 is 0. The van der Waals surface area contributed by atoms with Crippen LogP contribution < -0.4 is 21.3 Å². The van der Waals surface area contributed by atoms with E-state index in [9.17, 15) is 14.4 Å². The third-order valence-corrected chi connectivity index (χ3v) is 5.35. The van der Waals surface area contributed by atoms with Crippen LogP contribution >= 0.6 is 0 Å². The van der Waals surface area contributed by atoms with E-state index < -0.39 is 17.8 Å². The highest BCUT2D eigenvalue weighted by Crippen LogP contribution is 2.25. The predicted octanol–water partition coefficient (Wildman–Crippen LogP) is 1.16. The number of aromatic nitrogens is 4. The van der Waals surface area contributed by atoms with Gasteiger partial charge in [-0.3, -0.25) is 14.4 Å². The zero-order valence-corrected chi connectivity index (χ0v) is 19.5. The van der Waals surface area contributed by atoms with Crippen molar-refractivity contribution >= 4 is 46.3 Å². The Hall–Kier alpha value is -4.26. The molecule has 7 N–H and O–H groups in total. The number of rotatable bonds is 7. The van der Waals surface area contributed by atoms with Gasteiger partial charge in [0, 0.05) is 31.6 Å². The Kier molecular flexibility index (Phi) is 8.15. The van der Waals surface area contributed by atoms with E-state index in [0.29, 0.717) is 23.1 Å². The number of aromatic amines is 1. The number of carbonyl (C=O) groups excluding carboxylic acids is 1. The van der Waals surface area contributed by atoms with E-state index in [1.165, 1.54) is 0 Å². The average Bonchev–Trinajstić information content (AvgIpc) is 3.16. The minimum Gasteiger partial charge on any atom is -0.481 e. The van der Waals surface area contributed by atoms with Crippen LogP contribution in [-0.2, 0) is 9.59 Å². The van der Waals surface area contributed by atoms with Crippen molar-refractivity contribution in [1.82, 2.24) is 25.3 Å². The number of piperazine rings is 1. The number of hydrogen-bond acceptors (Lipinski definition) is 9. The summed E-state index contributed by atoms with van der Waals surface area (Å²) in [6.07, 6.45) is 1.26. The van der Waals surface area contributed by atoms with Crippen molar-refractivity contribution in [2.75, 3.05) is 36.4 Å². The summed E-state index contributed by atoms with van der Waals surface area (Å²) in [4.78, 5) is 49.5. The fourth-order valence-electron chi connectivity index (χ4n) is 3.65. The van der Waals surface area contributed by atoms with Gasteiger partial charge in [0.05, 0.1) is 30.4 Å². The molecule has 1 aliphatic heterocycles. The van der Waals surface area contributed by atoms with Gasteiger partial charge in [-0.25, -0.2) is 9.97 Å². The highest BCUT2D eigenvalue weighted by molar-refractivity contribution is 5.99. The number of anilines is 3. The molecule has 1 saturated heterocycles.